The molecular weight excluding hydrogens is 517 g/mol. The summed E-state index contributed by atoms with van der Waals surface area (Å²) in [6, 6.07) is 3.84. The standard InChI is InChI=1S/C22H36ClN3O3.HI/c1-5-28-12-11-22(9-7-8-10-22)16-26-21(24-3)25-15-17-13-18(23)20(29-6-2)19(14-17)27-4;/h13-14H,5-12,15-16H2,1-4H3,(H2,24,25,26);1H. The number of rotatable bonds is 11. The van der Waals surface area contributed by atoms with Crippen molar-refractivity contribution in [3.63, 3.8) is 0 Å². The van der Waals surface area contributed by atoms with Crippen molar-refractivity contribution in [3.05, 3.63) is 22.7 Å². The number of ether oxygens (including phenoxy) is 3. The number of hydrogen-bond donors (Lipinski definition) is 2. The van der Waals surface area contributed by atoms with E-state index in [-0.39, 0.29) is 24.0 Å². The predicted molar refractivity (Wildman–Crippen MR) is 135 cm³/mol. The molecule has 0 atom stereocenters. The molecule has 2 rings (SSSR count). The highest BCUT2D eigenvalue weighted by Crippen LogP contribution is 2.40. The van der Waals surface area contributed by atoms with Crippen molar-refractivity contribution in [2.45, 2.75) is 52.5 Å². The molecule has 1 aromatic carbocycles. The van der Waals surface area contributed by atoms with Crippen molar-refractivity contribution < 1.29 is 14.2 Å². The Labute approximate surface area is 203 Å². The molecule has 0 amide bonds. The smallest absolute Gasteiger partial charge is 0.191 e. The van der Waals surface area contributed by atoms with Crippen molar-refractivity contribution in [1.29, 1.82) is 0 Å². The molecule has 0 heterocycles. The first kappa shape index (κ1) is 27.1. The third kappa shape index (κ3) is 7.96. The van der Waals surface area contributed by atoms with E-state index in [1.165, 1.54) is 25.7 Å². The Bertz CT molecular complexity index is 667. The molecule has 30 heavy (non-hydrogen) atoms. The fraction of sp³-hybridized carbons (Fsp3) is 0.682. The van der Waals surface area contributed by atoms with E-state index < -0.39 is 0 Å². The van der Waals surface area contributed by atoms with E-state index in [0.717, 1.165) is 37.7 Å². The molecule has 1 aliphatic rings. The van der Waals surface area contributed by atoms with E-state index in [1.807, 2.05) is 26.0 Å². The van der Waals surface area contributed by atoms with Crippen LogP contribution in [0.15, 0.2) is 17.1 Å². The van der Waals surface area contributed by atoms with Gasteiger partial charge in [-0.3, -0.25) is 4.99 Å². The molecule has 1 aromatic rings. The first-order chi connectivity index (χ1) is 14.1. The van der Waals surface area contributed by atoms with Crippen LogP contribution in [-0.4, -0.2) is 46.5 Å². The van der Waals surface area contributed by atoms with Crippen molar-refractivity contribution in [1.82, 2.24) is 10.6 Å². The molecule has 0 aromatic heterocycles. The predicted octanol–water partition coefficient (Wildman–Crippen LogP) is 5.02. The van der Waals surface area contributed by atoms with Crippen LogP contribution >= 0.6 is 35.6 Å². The summed E-state index contributed by atoms with van der Waals surface area (Å²) in [5.74, 6) is 2.01. The van der Waals surface area contributed by atoms with Gasteiger partial charge in [0.2, 0.25) is 0 Å². The van der Waals surface area contributed by atoms with Gasteiger partial charge in [0.15, 0.2) is 17.5 Å². The first-order valence-electron chi connectivity index (χ1n) is 10.6. The fourth-order valence-electron chi connectivity index (χ4n) is 3.91. The van der Waals surface area contributed by atoms with E-state index in [9.17, 15) is 0 Å². The van der Waals surface area contributed by atoms with Crippen LogP contribution in [0.2, 0.25) is 5.02 Å². The van der Waals surface area contributed by atoms with E-state index in [0.29, 0.717) is 35.1 Å². The van der Waals surface area contributed by atoms with Gasteiger partial charge in [0.1, 0.15) is 0 Å². The number of halogens is 2. The van der Waals surface area contributed by atoms with Gasteiger partial charge < -0.3 is 24.8 Å². The van der Waals surface area contributed by atoms with Crippen LogP contribution in [0.4, 0.5) is 0 Å². The minimum absolute atomic E-state index is 0. The largest absolute Gasteiger partial charge is 0.493 e. The summed E-state index contributed by atoms with van der Waals surface area (Å²) in [7, 11) is 3.41. The zero-order chi connectivity index (χ0) is 21.1. The van der Waals surface area contributed by atoms with Crippen molar-refractivity contribution >= 4 is 41.5 Å². The third-order valence-electron chi connectivity index (χ3n) is 5.54. The third-order valence-corrected chi connectivity index (χ3v) is 5.82. The molecule has 0 saturated heterocycles. The van der Waals surface area contributed by atoms with Crippen molar-refractivity contribution in [3.8, 4) is 11.5 Å². The zero-order valence-corrected chi connectivity index (χ0v) is 21.8. The van der Waals surface area contributed by atoms with Gasteiger partial charge in [0, 0.05) is 33.4 Å². The Hall–Kier alpha value is -0.930. The minimum Gasteiger partial charge on any atom is -0.493 e. The molecule has 0 aliphatic heterocycles. The van der Waals surface area contributed by atoms with Crippen LogP contribution < -0.4 is 20.1 Å². The van der Waals surface area contributed by atoms with Gasteiger partial charge in [0.05, 0.1) is 18.7 Å². The summed E-state index contributed by atoms with van der Waals surface area (Å²) in [5, 5.41) is 7.44. The van der Waals surface area contributed by atoms with E-state index >= 15 is 0 Å². The second kappa shape index (κ2) is 14.2. The number of aliphatic imine (C=N–C) groups is 1. The fourth-order valence-corrected chi connectivity index (χ4v) is 4.20. The molecule has 0 bridgehead atoms. The maximum atomic E-state index is 6.38. The second-order valence-corrected chi connectivity index (χ2v) is 7.88. The number of methoxy groups -OCH3 is 1. The van der Waals surface area contributed by atoms with Gasteiger partial charge >= 0.3 is 0 Å². The molecule has 6 nitrogen and oxygen atoms in total. The van der Waals surface area contributed by atoms with E-state index in [4.69, 9.17) is 25.8 Å². The van der Waals surface area contributed by atoms with Gasteiger partial charge in [-0.2, -0.15) is 0 Å². The summed E-state index contributed by atoms with van der Waals surface area (Å²) in [4.78, 5) is 4.38. The Morgan fingerprint density at radius 1 is 1.17 bits per heavy atom. The molecule has 0 radical (unpaired) electrons. The Kier molecular flexibility index (Phi) is 12.8. The van der Waals surface area contributed by atoms with Gasteiger partial charge in [-0.1, -0.05) is 24.4 Å². The van der Waals surface area contributed by atoms with Crippen LogP contribution in [0.25, 0.3) is 0 Å². The van der Waals surface area contributed by atoms with Crippen molar-refractivity contribution in [2.24, 2.45) is 10.4 Å². The minimum atomic E-state index is 0. The lowest BCUT2D eigenvalue weighted by Crippen LogP contribution is -2.43. The maximum absolute atomic E-state index is 6.38. The Morgan fingerprint density at radius 3 is 2.50 bits per heavy atom. The van der Waals surface area contributed by atoms with Gasteiger partial charge in [-0.05, 0) is 56.2 Å². The van der Waals surface area contributed by atoms with Crippen LogP contribution in [0, 0.1) is 5.41 Å². The molecule has 1 fully saturated rings. The summed E-state index contributed by atoms with van der Waals surface area (Å²) >= 11 is 6.38. The highest BCUT2D eigenvalue weighted by atomic mass is 127. The number of hydrogen-bond acceptors (Lipinski definition) is 4. The average molecular weight is 554 g/mol. The highest BCUT2D eigenvalue weighted by Gasteiger charge is 2.33. The van der Waals surface area contributed by atoms with Crippen LogP contribution in [0.3, 0.4) is 0 Å². The lowest BCUT2D eigenvalue weighted by atomic mass is 9.83. The number of nitrogens with one attached hydrogen (secondary N) is 2. The molecular formula is C22H37ClIN3O3. The monoisotopic (exact) mass is 553 g/mol. The molecule has 0 unspecified atom stereocenters. The summed E-state index contributed by atoms with van der Waals surface area (Å²) in [6.07, 6.45) is 6.18. The van der Waals surface area contributed by atoms with Gasteiger partial charge in [0.25, 0.3) is 0 Å². The number of nitrogens with zero attached hydrogens (tertiary/aromatic N) is 1. The van der Waals surface area contributed by atoms with Crippen LogP contribution in [0.1, 0.15) is 51.5 Å². The second-order valence-electron chi connectivity index (χ2n) is 7.48. The summed E-state index contributed by atoms with van der Waals surface area (Å²) < 4.78 is 16.6. The van der Waals surface area contributed by atoms with E-state index in [1.54, 1.807) is 14.2 Å². The summed E-state index contributed by atoms with van der Waals surface area (Å²) in [6.45, 7) is 7.62. The molecule has 0 spiro atoms. The van der Waals surface area contributed by atoms with Gasteiger partial charge in [-0.15, -0.1) is 24.0 Å². The highest BCUT2D eigenvalue weighted by molar-refractivity contribution is 14.0. The lowest BCUT2D eigenvalue weighted by Gasteiger charge is -2.30. The SMILES string of the molecule is CCOCCC1(CNC(=NC)NCc2cc(Cl)c(OCC)c(OC)c2)CCCC1.I. The topological polar surface area (TPSA) is 64.1 Å². The molecule has 8 heteroatoms. The molecule has 1 saturated carbocycles. The average Bonchev–Trinajstić information content (AvgIpc) is 3.19. The zero-order valence-electron chi connectivity index (χ0n) is 18.7. The Balaban J connectivity index is 0.00000450. The van der Waals surface area contributed by atoms with E-state index in [2.05, 4.69) is 15.6 Å². The normalized spacial score (nSPS) is 15.4. The lowest BCUT2D eigenvalue weighted by molar-refractivity contribution is 0.105. The molecule has 2 N–H and O–H groups in total. The maximum Gasteiger partial charge on any atom is 0.191 e. The summed E-state index contributed by atoms with van der Waals surface area (Å²) in [5.41, 5.74) is 1.31. The van der Waals surface area contributed by atoms with Crippen LogP contribution in [-0.2, 0) is 11.3 Å². The number of benzene rings is 1. The number of guanidine groups is 1. The van der Waals surface area contributed by atoms with Crippen LogP contribution in [0.5, 0.6) is 11.5 Å². The molecule has 1 aliphatic carbocycles. The van der Waals surface area contributed by atoms with Gasteiger partial charge in [-0.25, -0.2) is 0 Å². The molecule has 172 valence electrons. The first-order valence-corrected chi connectivity index (χ1v) is 11.0. The Morgan fingerprint density at radius 2 is 1.90 bits per heavy atom. The quantitative estimate of drug-likeness (QED) is 0.174. The van der Waals surface area contributed by atoms with Crippen molar-refractivity contribution in [2.75, 3.05) is 40.5 Å².